The van der Waals surface area contributed by atoms with E-state index in [0.29, 0.717) is 22.1 Å². The minimum atomic E-state index is -0.384. The fourth-order valence-corrected chi connectivity index (χ4v) is 4.73. The van der Waals surface area contributed by atoms with E-state index in [0.717, 1.165) is 33.4 Å². The van der Waals surface area contributed by atoms with Crippen molar-refractivity contribution in [1.29, 1.82) is 0 Å². The van der Waals surface area contributed by atoms with Crippen molar-refractivity contribution in [2.24, 2.45) is 14.1 Å². The zero-order chi connectivity index (χ0) is 23.6. The van der Waals surface area contributed by atoms with E-state index in [1.54, 1.807) is 24.0 Å². The van der Waals surface area contributed by atoms with Crippen molar-refractivity contribution in [3.05, 3.63) is 99.5 Å². The van der Waals surface area contributed by atoms with Crippen LogP contribution in [-0.2, 0) is 14.1 Å². The second kappa shape index (κ2) is 7.25. The normalized spacial score (nSPS) is 11.6. The summed E-state index contributed by atoms with van der Waals surface area (Å²) in [6.07, 6.45) is 3.46. The van der Waals surface area contributed by atoms with Crippen LogP contribution in [0.25, 0.3) is 50.0 Å². The molecule has 0 bridgehead atoms. The van der Waals surface area contributed by atoms with E-state index in [2.05, 4.69) is 9.38 Å². The summed E-state index contributed by atoms with van der Waals surface area (Å²) in [5, 5.41) is 0.483. The summed E-state index contributed by atoms with van der Waals surface area (Å²) < 4.78 is 4.78. The molecule has 0 radical (unpaired) electrons. The van der Waals surface area contributed by atoms with Gasteiger partial charge in [0.1, 0.15) is 0 Å². The molecule has 2 aromatic carbocycles. The van der Waals surface area contributed by atoms with Gasteiger partial charge in [-0.25, -0.2) is 9.78 Å². The standard InChI is InChI=1S/C27H21N5O2/c1-16-10-12-17(13-11-16)23-21-24(30(2)27(34)31(3)26(21)33)25-22(18-7-6-14-28-15-18)29-19-8-4-5-9-20(19)32(23)25/h4-15H,1-3H3. The van der Waals surface area contributed by atoms with Crippen LogP contribution in [0.4, 0.5) is 0 Å². The Kier molecular flexibility index (Phi) is 4.29. The van der Waals surface area contributed by atoms with E-state index in [4.69, 9.17) is 4.98 Å². The number of benzene rings is 2. The fraction of sp³-hybridized carbons (Fsp3) is 0.111. The molecular weight excluding hydrogens is 426 g/mol. The number of hydrogen-bond acceptors (Lipinski definition) is 4. The Labute approximate surface area is 194 Å². The SMILES string of the molecule is Cc1ccc(-c2c3c(=O)n(C)c(=O)n(C)c3c3c(-c4cccnc4)nc4ccccc4n23)cc1. The topological polar surface area (TPSA) is 74.2 Å². The summed E-state index contributed by atoms with van der Waals surface area (Å²) >= 11 is 0. The number of aromatic nitrogens is 5. The molecule has 0 N–H and O–H groups in total. The van der Waals surface area contributed by atoms with Crippen molar-refractivity contribution >= 4 is 27.5 Å². The van der Waals surface area contributed by atoms with E-state index in [1.807, 2.05) is 67.6 Å². The van der Waals surface area contributed by atoms with Crippen LogP contribution in [0.5, 0.6) is 0 Å². The molecule has 6 aromatic rings. The predicted molar refractivity (Wildman–Crippen MR) is 134 cm³/mol. The first-order chi connectivity index (χ1) is 16.5. The van der Waals surface area contributed by atoms with E-state index in [9.17, 15) is 9.59 Å². The summed E-state index contributed by atoms with van der Waals surface area (Å²) in [6, 6.07) is 19.7. The summed E-state index contributed by atoms with van der Waals surface area (Å²) in [5.74, 6) is 0. The van der Waals surface area contributed by atoms with Gasteiger partial charge in [0, 0.05) is 32.1 Å². The van der Waals surface area contributed by atoms with Gasteiger partial charge in [-0.2, -0.15) is 0 Å². The molecule has 6 rings (SSSR count). The Morgan fingerprint density at radius 1 is 0.794 bits per heavy atom. The van der Waals surface area contributed by atoms with Gasteiger partial charge in [0.05, 0.1) is 38.8 Å². The van der Waals surface area contributed by atoms with Crippen LogP contribution in [-0.4, -0.2) is 23.5 Å². The highest BCUT2D eigenvalue weighted by Crippen LogP contribution is 2.38. The molecule has 0 fully saturated rings. The predicted octanol–water partition coefficient (Wildman–Crippen LogP) is 4.08. The highest BCUT2D eigenvalue weighted by Gasteiger charge is 2.25. The van der Waals surface area contributed by atoms with Crippen molar-refractivity contribution in [3.63, 3.8) is 0 Å². The third-order valence-corrected chi connectivity index (χ3v) is 6.41. The van der Waals surface area contributed by atoms with Crippen LogP contribution in [0.2, 0.25) is 0 Å². The largest absolute Gasteiger partial charge is 0.331 e. The Hall–Kier alpha value is -4.52. The van der Waals surface area contributed by atoms with Gasteiger partial charge in [-0.3, -0.25) is 18.9 Å². The molecule has 7 heteroatoms. The molecule has 0 unspecified atom stereocenters. The van der Waals surface area contributed by atoms with E-state index < -0.39 is 0 Å². The Balaban J connectivity index is 2.00. The van der Waals surface area contributed by atoms with E-state index >= 15 is 0 Å². The number of aryl methyl sites for hydroxylation is 2. The van der Waals surface area contributed by atoms with Crippen molar-refractivity contribution in [3.8, 4) is 22.5 Å². The summed E-state index contributed by atoms with van der Waals surface area (Å²) in [5.41, 5.74) is 6.40. The molecule has 0 atom stereocenters. The van der Waals surface area contributed by atoms with Crippen LogP contribution in [0, 0.1) is 6.92 Å². The van der Waals surface area contributed by atoms with Crippen LogP contribution in [0.1, 0.15) is 5.56 Å². The Morgan fingerprint density at radius 2 is 1.56 bits per heavy atom. The smallest absolute Gasteiger partial charge is 0.303 e. The van der Waals surface area contributed by atoms with Gasteiger partial charge >= 0.3 is 5.69 Å². The highest BCUT2D eigenvalue weighted by atomic mass is 16.2. The number of pyridine rings is 1. The second-order valence-electron chi connectivity index (χ2n) is 8.52. The van der Waals surface area contributed by atoms with Crippen molar-refractivity contribution in [2.45, 2.75) is 6.92 Å². The highest BCUT2D eigenvalue weighted by molar-refractivity contribution is 6.11. The summed E-state index contributed by atoms with van der Waals surface area (Å²) in [7, 11) is 3.22. The average molecular weight is 447 g/mol. The lowest BCUT2D eigenvalue weighted by atomic mass is 10.1. The molecule has 0 aliphatic heterocycles. The van der Waals surface area contributed by atoms with E-state index in [1.165, 1.54) is 11.6 Å². The van der Waals surface area contributed by atoms with Crippen LogP contribution < -0.4 is 11.2 Å². The zero-order valence-electron chi connectivity index (χ0n) is 19.0. The van der Waals surface area contributed by atoms with Gasteiger partial charge in [0.2, 0.25) is 0 Å². The lowest BCUT2D eigenvalue weighted by Gasteiger charge is -2.12. The quantitative estimate of drug-likeness (QED) is 0.401. The molecule has 4 heterocycles. The van der Waals surface area contributed by atoms with Crippen molar-refractivity contribution in [1.82, 2.24) is 23.5 Å². The molecule has 34 heavy (non-hydrogen) atoms. The molecule has 0 amide bonds. The van der Waals surface area contributed by atoms with Crippen LogP contribution >= 0.6 is 0 Å². The third-order valence-electron chi connectivity index (χ3n) is 6.41. The van der Waals surface area contributed by atoms with Crippen molar-refractivity contribution < 1.29 is 0 Å². The average Bonchev–Trinajstić information content (AvgIpc) is 3.23. The van der Waals surface area contributed by atoms with Crippen molar-refractivity contribution in [2.75, 3.05) is 0 Å². The lowest BCUT2D eigenvalue weighted by molar-refractivity contribution is 0.716. The van der Waals surface area contributed by atoms with Crippen LogP contribution in [0.15, 0.2) is 82.6 Å². The number of fused-ring (bicyclic) bond motifs is 5. The fourth-order valence-electron chi connectivity index (χ4n) is 4.73. The first kappa shape index (κ1) is 20.1. The molecule has 166 valence electrons. The minimum Gasteiger partial charge on any atom is -0.303 e. The number of para-hydroxylation sites is 2. The Morgan fingerprint density at radius 3 is 2.29 bits per heavy atom. The monoisotopic (exact) mass is 447 g/mol. The molecule has 0 saturated carbocycles. The molecule has 4 aromatic heterocycles. The summed E-state index contributed by atoms with van der Waals surface area (Å²) in [6.45, 7) is 2.03. The molecule has 0 spiro atoms. The van der Waals surface area contributed by atoms with Gasteiger partial charge in [0.15, 0.2) is 0 Å². The first-order valence-electron chi connectivity index (χ1n) is 11.0. The third kappa shape index (κ3) is 2.70. The Bertz CT molecular complexity index is 1860. The van der Waals surface area contributed by atoms with Gasteiger partial charge < -0.3 is 4.40 Å². The second-order valence-corrected chi connectivity index (χ2v) is 8.52. The number of nitrogens with zero attached hydrogens (tertiary/aromatic N) is 5. The van der Waals surface area contributed by atoms with Gasteiger partial charge in [0.25, 0.3) is 5.56 Å². The summed E-state index contributed by atoms with van der Waals surface area (Å²) in [4.78, 5) is 35.9. The molecule has 0 aliphatic rings. The van der Waals surface area contributed by atoms with Gasteiger partial charge in [-0.05, 0) is 36.8 Å². The van der Waals surface area contributed by atoms with Gasteiger partial charge in [-0.1, -0.05) is 42.0 Å². The maximum absolute atomic E-state index is 13.6. The maximum Gasteiger partial charge on any atom is 0.331 e. The van der Waals surface area contributed by atoms with Crippen LogP contribution in [0.3, 0.4) is 0 Å². The van der Waals surface area contributed by atoms with Gasteiger partial charge in [-0.15, -0.1) is 0 Å². The molecule has 0 saturated heterocycles. The first-order valence-corrected chi connectivity index (χ1v) is 11.0. The maximum atomic E-state index is 13.6. The van der Waals surface area contributed by atoms with E-state index in [-0.39, 0.29) is 11.2 Å². The molecule has 0 aliphatic carbocycles. The molecule has 7 nitrogen and oxygen atoms in total. The number of rotatable bonds is 2. The number of hydrogen-bond donors (Lipinski definition) is 0. The zero-order valence-corrected chi connectivity index (χ0v) is 19.0. The molecular formula is C27H21N5O2. The minimum absolute atomic E-state index is 0.335. The lowest BCUT2D eigenvalue weighted by Crippen LogP contribution is -2.36.